The maximum absolute atomic E-state index is 9.55. The van der Waals surface area contributed by atoms with E-state index in [4.69, 9.17) is 4.74 Å². The highest BCUT2D eigenvalue weighted by atomic mass is 16.5. The van der Waals surface area contributed by atoms with E-state index in [2.05, 4.69) is 33.0 Å². The lowest BCUT2D eigenvalue weighted by atomic mass is 9.71. The molecular formula is C16H33NO2. The smallest absolute Gasteiger partial charge is 0.0671 e. The zero-order chi connectivity index (χ0) is 14.5. The number of hydrogen-bond donors (Lipinski definition) is 2. The van der Waals surface area contributed by atoms with Crippen LogP contribution in [0.2, 0.25) is 0 Å². The number of aliphatic hydroxyl groups is 1. The average molecular weight is 271 g/mol. The average Bonchev–Trinajstić information content (AvgIpc) is 2.31. The third kappa shape index (κ3) is 5.80. The molecule has 1 aliphatic rings. The Labute approximate surface area is 119 Å². The summed E-state index contributed by atoms with van der Waals surface area (Å²) in [6, 6.07) is 0. The van der Waals surface area contributed by atoms with E-state index in [1.165, 1.54) is 6.42 Å². The highest BCUT2D eigenvalue weighted by molar-refractivity contribution is 4.86. The molecule has 0 aliphatic heterocycles. The summed E-state index contributed by atoms with van der Waals surface area (Å²) in [7, 11) is 0. The standard InChI is InChI=1S/C16H33NO2/c1-6-7-17-16(5,11-18)12-19-14-8-13(2)9-15(3,4)10-14/h13-14,17-18H,6-12H2,1-5H3. The van der Waals surface area contributed by atoms with Crippen LogP contribution in [0.4, 0.5) is 0 Å². The minimum absolute atomic E-state index is 0.124. The Morgan fingerprint density at radius 2 is 2.05 bits per heavy atom. The Bertz CT molecular complexity index is 267. The lowest BCUT2D eigenvalue weighted by Gasteiger charge is -2.40. The molecule has 1 fully saturated rings. The molecule has 3 heteroatoms. The summed E-state index contributed by atoms with van der Waals surface area (Å²) < 4.78 is 6.12. The molecule has 1 saturated carbocycles. The van der Waals surface area contributed by atoms with Crippen LogP contribution in [0, 0.1) is 11.3 Å². The second kappa shape index (κ2) is 7.05. The van der Waals surface area contributed by atoms with Gasteiger partial charge in [0.2, 0.25) is 0 Å². The molecule has 0 spiro atoms. The summed E-state index contributed by atoms with van der Waals surface area (Å²) in [5.74, 6) is 0.734. The predicted molar refractivity (Wildman–Crippen MR) is 80.3 cm³/mol. The number of nitrogens with one attached hydrogen (secondary N) is 1. The van der Waals surface area contributed by atoms with Crippen molar-refractivity contribution in [3.8, 4) is 0 Å². The van der Waals surface area contributed by atoms with Crippen molar-refractivity contribution in [1.29, 1.82) is 0 Å². The molecule has 19 heavy (non-hydrogen) atoms. The molecule has 0 aromatic heterocycles. The van der Waals surface area contributed by atoms with Gasteiger partial charge in [0.15, 0.2) is 0 Å². The van der Waals surface area contributed by atoms with Crippen molar-refractivity contribution in [2.75, 3.05) is 19.8 Å². The first-order valence-electron chi connectivity index (χ1n) is 7.78. The van der Waals surface area contributed by atoms with Gasteiger partial charge in [-0.3, -0.25) is 0 Å². The van der Waals surface area contributed by atoms with Crippen LogP contribution in [-0.2, 0) is 4.74 Å². The summed E-state index contributed by atoms with van der Waals surface area (Å²) in [4.78, 5) is 0. The second-order valence-electron chi connectivity index (χ2n) is 7.49. The molecular weight excluding hydrogens is 238 g/mol. The van der Waals surface area contributed by atoms with E-state index in [1.54, 1.807) is 0 Å². The zero-order valence-corrected chi connectivity index (χ0v) is 13.5. The fourth-order valence-corrected chi connectivity index (χ4v) is 3.27. The highest BCUT2D eigenvalue weighted by Gasteiger charge is 2.34. The third-order valence-electron chi connectivity index (χ3n) is 4.13. The third-order valence-corrected chi connectivity index (χ3v) is 4.13. The van der Waals surface area contributed by atoms with Crippen LogP contribution in [-0.4, -0.2) is 36.5 Å². The molecule has 3 unspecified atom stereocenters. The highest BCUT2D eigenvalue weighted by Crippen LogP contribution is 2.39. The van der Waals surface area contributed by atoms with Gasteiger partial charge in [0.25, 0.3) is 0 Å². The molecule has 1 aliphatic carbocycles. The molecule has 2 N–H and O–H groups in total. The van der Waals surface area contributed by atoms with Crippen LogP contribution in [0.3, 0.4) is 0 Å². The first-order chi connectivity index (χ1) is 8.80. The second-order valence-corrected chi connectivity index (χ2v) is 7.49. The summed E-state index contributed by atoms with van der Waals surface area (Å²) in [6.45, 7) is 12.8. The van der Waals surface area contributed by atoms with E-state index >= 15 is 0 Å². The molecule has 3 atom stereocenters. The quantitative estimate of drug-likeness (QED) is 0.748. The van der Waals surface area contributed by atoms with Gasteiger partial charge in [0.05, 0.1) is 24.9 Å². The van der Waals surface area contributed by atoms with Crippen molar-refractivity contribution in [2.24, 2.45) is 11.3 Å². The summed E-state index contributed by atoms with van der Waals surface area (Å²) in [5.41, 5.74) is 0.0790. The molecule has 0 bridgehead atoms. The molecule has 0 aromatic carbocycles. The Morgan fingerprint density at radius 3 is 2.58 bits per heavy atom. The minimum Gasteiger partial charge on any atom is -0.394 e. The minimum atomic E-state index is -0.305. The number of rotatable bonds is 7. The van der Waals surface area contributed by atoms with Gasteiger partial charge >= 0.3 is 0 Å². The molecule has 3 nitrogen and oxygen atoms in total. The van der Waals surface area contributed by atoms with Gasteiger partial charge in [0, 0.05) is 0 Å². The number of hydrogen-bond acceptors (Lipinski definition) is 3. The first kappa shape index (κ1) is 16.9. The maximum Gasteiger partial charge on any atom is 0.0671 e. The fourth-order valence-electron chi connectivity index (χ4n) is 3.27. The van der Waals surface area contributed by atoms with E-state index in [1.807, 2.05) is 6.92 Å². The monoisotopic (exact) mass is 271 g/mol. The van der Waals surface area contributed by atoms with E-state index in [9.17, 15) is 5.11 Å². The summed E-state index contributed by atoms with van der Waals surface area (Å²) >= 11 is 0. The van der Waals surface area contributed by atoms with Gasteiger partial charge in [-0.1, -0.05) is 27.7 Å². The molecule has 0 saturated heterocycles. The van der Waals surface area contributed by atoms with Crippen LogP contribution in [0.1, 0.15) is 60.3 Å². The molecule has 114 valence electrons. The Balaban J connectivity index is 2.45. The van der Waals surface area contributed by atoms with Crippen LogP contribution in [0.5, 0.6) is 0 Å². The van der Waals surface area contributed by atoms with E-state index < -0.39 is 0 Å². The van der Waals surface area contributed by atoms with Crippen molar-refractivity contribution in [2.45, 2.75) is 71.9 Å². The van der Waals surface area contributed by atoms with E-state index in [-0.39, 0.29) is 12.1 Å². The lowest BCUT2D eigenvalue weighted by Crippen LogP contribution is -2.51. The molecule has 0 aromatic rings. The largest absolute Gasteiger partial charge is 0.394 e. The first-order valence-corrected chi connectivity index (χ1v) is 7.78. The van der Waals surface area contributed by atoms with Crippen LogP contribution < -0.4 is 5.32 Å². The zero-order valence-electron chi connectivity index (χ0n) is 13.5. The topological polar surface area (TPSA) is 41.5 Å². The Morgan fingerprint density at radius 1 is 1.37 bits per heavy atom. The summed E-state index contributed by atoms with van der Waals surface area (Å²) in [6.07, 6.45) is 4.99. The van der Waals surface area contributed by atoms with Crippen LogP contribution in [0.15, 0.2) is 0 Å². The van der Waals surface area contributed by atoms with Gasteiger partial charge in [-0.05, 0) is 50.5 Å². The van der Waals surface area contributed by atoms with Crippen LogP contribution >= 0.6 is 0 Å². The van der Waals surface area contributed by atoms with Crippen molar-refractivity contribution < 1.29 is 9.84 Å². The van der Waals surface area contributed by atoms with Crippen molar-refractivity contribution in [1.82, 2.24) is 5.32 Å². The predicted octanol–water partition coefficient (Wildman–Crippen LogP) is 2.97. The molecule has 0 radical (unpaired) electrons. The summed E-state index contributed by atoms with van der Waals surface area (Å²) in [5, 5.41) is 12.9. The van der Waals surface area contributed by atoms with Gasteiger partial charge in [-0.15, -0.1) is 0 Å². The van der Waals surface area contributed by atoms with E-state index in [0.717, 1.165) is 31.7 Å². The van der Waals surface area contributed by atoms with Gasteiger partial charge < -0.3 is 15.2 Å². The number of ether oxygens (including phenoxy) is 1. The van der Waals surface area contributed by atoms with Crippen molar-refractivity contribution >= 4 is 0 Å². The fraction of sp³-hybridized carbons (Fsp3) is 1.00. The van der Waals surface area contributed by atoms with Gasteiger partial charge in [0.1, 0.15) is 0 Å². The lowest BCUT2D eigenvalue weighted by molar-refractivity contribution is -0.0524. The SMILES string of the molecule is CCCNC(C)(CO)COC1CC(C)CC(C)(C)C1. The normalized spacial score (nSPS) is 30.0. The Kier molecular flexibility index (Phi) is 6.28. The van der Waals surface area contributed by atoms with Crippen molar-refractivity contribution in [3.63, 3.8) is 0 Å². The van der Waals surface area contributed by atoms with Crippen molar-refractivity contribution in [3.05, 3.63) is 0 Å². The Hall–Kier alpha value is -0.120. The molecule has 1 rings (SSSR count). The maximum atomic E-state index is 9.55. The van der Waals surface area contributed by atoms with Crippen LogP contribution in [0.25, 0.3) is 0 Å². The molecule has 0 heterocycles. The van der Waals surface area contributed by atoms with Gasteiger partial charge in [-0.25, -0.2) is 0 Å². The molecule has 0 amide bonds. The van der Waals surface area contributed by atoms with Gasteiger partial charge in [-0.2, -0.15) is 0 Å². The number of aliphatic hydroxyl groups excluding tert-OH is 1. The van der Waals surface area contributed by atoms with E-state index in [0.29, 0.717) is 18.1 Å².